The molecule has 1 fully saturated rings. The summed E-state index contributed by atoms with van der Waals surface area (Å²) < 4.78 is 0. The van der Waals surface area contributed by atoms with E-state index in [9.17, 15) is 0 Å². The van der Waals surface area contributed by atoms with Crippen LogP contribution in [-0.4, -0.2) is 12.1 Å². The molecule has 1 unspecified atom stereocenters. The van der Waals surface area contributed by atoms with Gasteiger partial charge in [-0.1, -0.05) is 33.1 Å². The van der Waals surface area contributed by atoms with E-state index in [1.807, 2.05) is 0 Å². The molecule has 0 aliphatic heterocycles. The largest absolute Gasteiger partial charge is 0.312 e. The van der Waals surface area contributed by atoms with E-state index in [1.54, 1.807) is 0 Å². The zero-order chi connectivity index (χ0) is 11.5. The Labute approximate surface area is 96.0 Å². The number of hydrogen-bond acceptors (Lipinski definition) is 1. The summed E-state index contributed by atoms with van der Waals surface area (Å²) in [5, 5.41) is 3.72. The summed E-state index contributed by atoms with van der Waals surface area (Å²) in [5.41, 5.74) is 0.866. The van der Waals surface area contributed by atoms with Gasteiger partial charge in [-0.15, -0.1) is 0 Å². The van der Waals surface area contributed by atoms with Crippen LogP contribution >= 0.6 is 0 Å². The van der Waals surface area contributed by atoms with Crippen LogP contribution in [0.1, 0.15) is 66.7 Å². The van der Waals surface area contributed by atoms with E-state index in [-0.39, 0.29) is 5.54 Å². The lowest BCUT2D eigenvalue weighted by Gasteiger charge is -2.38. The quantitative estimate of drug-likeness (QED) is 0.741. The SMILES string of the molecule is CCC(C)C1(CNC(C)(C)C)CCCC1. The highest BCUT2D eigenvalue weighted by Crippen LogP contribution is 2.45. The van der Waals surface area contributed by atoms with Crippen molar-refractivity contribution >= 4 is 0 Å². The summed E-state index contributed by atoms with van der Waals surface area (Å²) in [4.78, 5) is 0. The second-order valence-corrected chi connectivity index (χ2v) is 6.48. The molecule has 0 aromatic rings. The first-order valence-corrected chi connectivity index (χ1v) is 6.65. The molecule has 0 aromatic heterocycles. The van der Waals surface area contributed by atoms with E-state index in [0.29, 0.717) is 5.41 Å². The van der Waals surface area contributed by atoms with E-state index >= 15 is 0 Å². The highest BCUT2D eigenvalue weighted by molar-refractivity contribution is 4.91. The Bertz CT molecular complexity index is 184. The van der Waals surface area contributed by atoms with Crippen molar-refractivity contribution in [3.63, 3.8) is 0 Å². The first-order chi connectivity index (χ1) is 6.90. The van der Waals surface area contributed by atoms with Crippen LogP contribution < -0.4 is 5.32 Å². The summed E-state index contributed by atoms with van der Waals surface area (Å²) in [6.45, 7) is 12.8. The maximum Gasteiger partial charge on any atom is 0.00967 e. The Morgan fingerprint density at radius 1 is 1.20 bits per heavy atom. The van der Waals surface area contributed by atoms with Crippen LogP contribution in [0.5, 0.6) is 0 Å². The van der Waals surface area contributed by atoms with Crippen LogP contribution in [0.3, 0.4) is 0 Å². The van der Waals surface area contributed by atoms with Crippen molar-refractivity contribution in [3.05, 3.63) is 0 Å². The highest BCUT2D eigenvalue weighted by Gasteiger charge is 2.38. The maximum atomic E-state index is 3.72. The molecule has 0 amide bonds. The lowest BCUT2D eigenvalue weighted by Crippen LogP contribution is -2.45. The van der Waals surface area contributed by atoms with Crippen molar-refractivity contribution in [1.82, 2.24) is 5.32 Å². The molecule has 0 aromatic carbocycles. The van der Waals surface area contributed by atoms with Crippen molar-refractivity contribution in [2.75, 3.05) is 6.54 Å². The number of nitrogens with one attached hydrogen (secondary N) is 1. The molecular formula is C14H29N. The Balaban J connectivity index is 2.58. The Hall–Kier alpha value is -0.0400. The van der Waals surface area contributed by atoms with E-state index in [0.717, 1.165) is 5.92 Å². The van der Waals surface area contributed by atoms with Gasteiger partial charge in [-0.25, -0.2) is 0 Å². The second-order valence-electron chi connectivity index (χ2n) is 6.48. The first-order valence-electron chi connectivity index (χ1n) is 6.65. The fraction of sp³-hybridized carbons (Fsp3) is 1.00. The minimum absolute atomic E-state index is 0.267. The van der Waals surface area contributed by atoms with Crippen LogP contribution in [-0.2, 0) is 0 Å². The molecule has 0 radical (unpaired) electrons. The van der Waals surface area contributed by atoms with Gasteiger partial charge in [-0.2, -0.15) is 0 Å². The van der Waals surface area contributed by atoms with Crippen molar-refractivity contribution < 1.29 is 0 Å². The Morgan fingerprint density at radius 2 is 1.73 bits per heavy atom. The molecule has 0 heterocycles. The van der Waals surface area contributed by atoms with Crippen molar-refractivity contribution in [3.8, 4) is 0 Å². The van der Waals surface area contributed by atoms with Crippen LogP contribution in [0.2, 0.25) is 0 Å². The molecule has 15 heavy (non-hydrogen) atoms. The molecule has 0 spiro atoms. The lowest BCUT2D eigenvalue weighted by molar-refractivity contribution is 0.155. The van der Waals surface area contributed by atoms with Gasteiger partial charge in [0.2, 0.25) is 0 Å². The molecule has 1 N–H and O–H groups in total. The van der Waals surface area contributed by atoms with E-state index < -0.39 is 0 Å². The zero-order valence-electron chi connectivity index (χ0n) is 11.3. The normalized spacial score (nSPS) is 23.0. The summed E-state index contributed by atoms with van der Waals surface area (Å²) in [6.07, 6.45) is 7.08. The van der Waals surface area contributed by atoms with Crippen molar-refractivity contribution in [2.45, 2.75) is 72.3 Å². The molecule has 0 bridgehead atoms. The highest BCUT2D eigenvalue weighted by atomic mass is 15.0. The van der Waals surface area contributed by atoms with Gasteiger partial charge in [-0.05, 0) is 44.9 Å². The molecule has 1 aliphatic rings. The monoisotopic (exact) mass is 211 g/mol. The Morgan fingerprint density at radius 3 is 2.13 bits per heavy atom. The summed E-state index contributed by atoms with van der Waals surface area (Å²) >= 11 is 0. The van der Waals surface area contributed by atoms with Crippen LogP contribution in [0.15, 0.2) is 0 Å². The Kier molecular flexibility index (Phi) is 4.22. The molecule has 1 atom stereocenters. The van der Waals surface area contributed by atoms with E-state index in [1.165, 1.54) is 38.6 Å². The van der Waals surface area contributed by atoms with Crippen LogP contribution in [0.4, 0.5) is 0 Å². The predicted molar refractivity (Wildman–Crippen MR) is 68.1 cm³/mol. The first kappa shape index (κ1) is 13.0. The van der Waals surface area contributed by atoms with E-state index in [4.69, 9.17) is 0 Å². The standard InChI is InChI=1S/C14H29N/c1-6-12(2)14(9-7-8-10-14)11-15-13(3,4)5/h12,15H,6-11H2,1-5H3. The average molecular weight is 211 g/mol. The fourth-order valence-electron chi connectivity index (χ4n) is 2.80. The smallest absolute Gasteiger partial charge is 0.00967 e. The van der Waals surface area contributed by atoms with Crippen molar-refractivity contribution in [2.24, 2.45) is 11.3 Å². The average Bonchev–Trinajstić information content (AvgIpc) is 2.62. The van der Waals surface area contributed by atoms with Crippen LogP contribution in [0, 0.1) is 11.3 Å². The van der Waals surface area contributed by atoms with Gasteiger partial charge in [-0.3, -0.25) is 0 Å². The molecule has 1 heteroatoms. The van der Waals surface area contributed by atoms with Gasteiger partial charge in [0.15, 0.2) is 0 Å². The second kappa shape index (κ2) is 4.86. The summed E-state index contributed by atoms with van der Waals surface area (Å²) in [6, 6.07) is 0. The molecular weight excluding hydrogens is 182 g/mol. The fourth-order valence-corrected chi connectivity index (χ4v) is 2.80. The minimum atomic E-state index is 0.267. The maximum absolute atomic E-state index is 3.72. The van der Waals surface area contributed by atoms with Gasteiger partial charge in [0.05, 0.1) is 0 Å². The molecule has 1 rings (SSSR count). The van der Waals surface area contributed by atoms with Crippen molar-refractivity contribution in [1.29, 1.82) is 0 Å². The summed E-state index contributed by atoms with van der Waals surface area (Å²) in [5.74, 6) is 0.870. The van der Waals surface area contributed by atoms with Crippen LogP contribution in [0.25, 0.3) is 0 Å². The van der Waals surface area contributed by atoms with Gasteiger partial charge in [0.1, 0.15) is 0 Å². The third kappa shape index (κ3) is 3.48. The molecule has 90 valence electrons. The van der Waals surface area contributed by atoms with Gasteiger partial charge in [0, 0.05) is 12.1 Å². The molecule has 1 nitrogen and oxygen atoms in total. The van der Waals surface area contributed by atoms with E-state index in [2.05, 4.69) is 39.9 Å². The third-order valence-corrected chi connectivity index (χ3v) is 4.23. The number of hydrogen-bond donors (Lipinski definition) is 1. The van der Waals surface area contributed by atoms with Gasteiger partial charge < -0.3 is 5.32 Å². The zero-order valence-corrected chi connectivity index (χ0v) is 11.3. The lowest BCUT2D eigenvalue weighted by atomic mass is 9.73. The topological polar surface area (TPSA) is 12.0 Å². The third-order valence-electron chi connectivity index (χ3n) is 4.23. The van der Waals surface area contributed by atoms with Gasteiger partial charge in [0.25, 0.3) is 0 Å². The molecule has 1 aliphatic carbocycles. The molecule has 1 saturated carbocycles. The minimum Gasteiger partial charge on any atom is -0.312 e. The predicted octanol–water partition coefficient (Wildman–Crippen LogP) is 3.98. The summed E-state index contributed by atoms with van der Waals surface area (Å²) in [7, 11) is 0. The van der Waals surface area contributed by atoms with Gasteiger partial charge >= 0.3 is 0 Å². The molecule has 0 saturated heterocycles. The number of rotatable bonds is 4.